The summed E-state index contributed by atoms with van der Waals surface area (Å²) in [5.41, 5.74) is 1.19. The maximum atomic E-state index is 11.2. The molecule has 0 spiro atoms. The normalized spacial score (nSPS) is 26.2. The molecule has 0 radical (unpaired) electrons. The summed E-state index contributed by atoms with van der Waals surface area (Å²) in [5, 5.41) is 7.95. The molecule has 1 aliphatic carbocycles. The molecular weight excluding hydrogens is 203 g/mol. The maximum absolute atomic E-state index is 11.2. The highest BCUT2D eigenvalue weighted by atomic mass is 31.2. The van der Waals surface area contributed by atoms with Gasteiger partial charge in [0.15, 0.2) is 5.34 Å². The summed E-state index contributed by atoms with van der Waals surface area (Å²) in [7, 11) is -4.50. The Labute approximate surface area is 81.4 Å². The third kappa shape index (κ3) is 1.23. The van der Waals surface area contributed by atoms with Crippen LogP contribution in [0.2, 0.25) is 0 Å². The van der Waals surface area contributed by atoms with Gasteiger partial charge in [-0.15, -0.1) is 0 Å². The fourth-order valence-corrected chi connectivity index (χ4v) is 2.81. The molecule has 1 aromatic carbocycles. The highest BCUT2D eigenvalue weighted by Crippen LogP contribution is 2.60. The van der Waals surface area contributed by atoms with E-state index in [4.69, 9.17) is 9.79 Å². The molecule has 1 aromatic rings. The molecule has 3 N–H and O–H groups in total. The second-order valence-corrected chi connectivity index (χ2v) is 5.35. The van der Waals surface area contributed by atoms with Crippen molar-refractivity contribution in [2.24, 2.45) is 0 Å². The lowest BCUT2D eigenvalue weighted by atomic mass is 10.1. The molecule has 1 unspecified atom stereocenters. The van der Waals surface area contributed by atoms with Crippen molar-refractivity contribution >= 4 is 7.60 Å². The predicted molar refractivity (Wildman–Crippen MR) is 50.7 cm³/mol. The van der Waals surface area contributed by atoms with E-state index in [0.717, 1.165) is 5.56 Å². The molecule has 4 nitrogen and oxygen atoms in total. The highest BCUT2D eigenvalue weighted by Gasteiger charge is 2.50. The number of hydrogen-bond donors (Lipinski definition) is 3. The van der Waals surface area contributed by atoms with E-state index < -0.39 is 12.9 Å². The molecule has 0 aliphatic heterocycles. The number of aryl methyl sites for hydroxylation is 1. The SMILES string of the molecule is O=P(O)(O)C1(O)CCc2ccccc21. The summed E-state index contributed by atoms with van der Waals surface area (Å²) >= 11 is 0. The van der Waals surface area contributed by atoms with E-state index in [9.17, 15) is 9.67 Å². The first-order chi connectivity index (χ1) is 6.45. The molecule has 0 heterocycles. The molecule has 0 fully saturated rings. The third-order valence-corrected chi connectivity index (χ3v) is 4.10. The van der Waals surface area contributed by atoms with Crippen LogP contribution >= 0.6 is 7.60 Å². The van der Waals surface area contributed by atoms with Crippen molar-refractivity contribution in [3.05, 3.63) is 35.4 Å². The minimum atomic E-state index is -4.50. The molecule has 0 saturated carbocycles. The zero-order valence-electron chi connectivity index (χ0n) is 7.42. The second-order valence-electron chi connectivity index (χ2n) is 3.52. The molecule has 1 aliphatic rings. The highest BCUT2D eigenvalue weighted by molar-refractivity contribution is 7.52. The smallest absolute Gasteiger partial charge is 0.361 e. The molecule has 1 atom stereocenters. The first-order valence-electron chi connectivity index (χ1n) is 4.31. The van der Waals surface area contributed by atoms with E-state index in [2.05, 4.69) is 0 Å². The lowest BCUT2D eigenvalue weighted by molar-refractivity contribution is 0.0912. The summed E-state index contributed by atoms with van der Waals surface area (Å²) in [6, 6.07) is 6.82. The lowest BCUT2D eigenvalue weighted by Gasteiger charge is -2.24. The van der Waals surface area contributed by atoms with E-state index in [0.29, 0.717) is 12.0 Å². The summed E-state index contributed by atoms with van der Waals surface area (Å²) in [6.07, 6.45) is 0.606. The van der Waals surface area contributed by atoms with Gasteiger partial charge in [-0.2, -0.15) is 0 Å². The first-order valence-corrected chi connectivity index (χ1v) is 5.93. The van der Waals surface area contributed by atoms with Gasteiger partial charge in [-0.3, -0.25) is 4.57 Å². The van der Waals surface area contributed by atoms with Crippen molar-refractivity contribution in [2.75, 3.05) is 0 Å². The Bertz CT molecular complexity index is 411. The Hall–Kier alpha value is -0.670. The second kappa shape index (κ2) is 2.91. The summed E-state index contributed by atoms with van der Waals surface area (Å²) < 4.78 is 11.2. The van der Waals surface area contributed by atoms with Crippen LogP contribution < -0.4 is 0 Å². The topological polar surface area (TPSA) is 77.8 Å². The fraction of sp³-hybridized carbons (Fsp3) is 0.333. The first kappa shape index (κ1) is 9.87. The Kier molecular flexibility index (Phi) is 2.05. The van der Waals surface area contributed by atoms with Crippen LogP contribution in [0, 0.1) is 0 Å². The van der Waals surface area contributed by atoms with Crippen molar-refractivity contribution in [1.29, 1.82) is 0 Å². The Morgan fingerprint density at radius 1 is 1.29 bits per heavy atom. The van der Waals surface area contributed by atoms with Crippen molar-refractivity contribution in [2.45, 2.75) is 18.2 Å². The van der Waals surface area contributed by atoms with Gasteiger partial charge in [0.25, 0.3) is 0 Å². The molecular formula is C9H11O4P. The van der Waals surface area contributed by atoms with Crippen LogP contribution in [0.1, 0.15) is 17.5 Å². The fourth-order valence-electron chi connectivity index (χ4n) is 1.88. The maximum Gasteiger partial charge on any atom is 0.361 e. The van der Waals surface area contributed by atoms with Gasteiger partial charge in [-0.05, 0) is 24.0 Å². The number of rotatable bonds is 1. The largest absolute Gasteiger partial charge is 0.373 e. The van der Waals surface area contributed by atoms with E-state index in [-0.39, 0.29) is 6.42 Å². The molecule has 0 aromatic heterocycles. The van der Waals surface area contributed by atoms with Gasteiger partial charge in [0.1, 0.15) is 0 Å². The minimum absolute atomic E-state index is 0.0939. The van der Waals surface area contributed by atoms with Gasteiger partial charge in [-0.1, -0.05) is 24.3 Å². The molecule has 5 heteroatoms. The number of benzene rings is 1. The van der Waals surface area contributed by atoms with Crippen molar-refractivity contribution in [3.8, 4) is 0 Å². The van der Waals surface area contributed by atoms with Crippen molar-refractivity contribution in [1.82, 2.24) is 0 Å². The zero-order valence-corrected chi connectivity index (χ0v) is 8.32. The standard InChI is InChI=1S/C9H11O4P/c10-9(14(11,12)13)6-5-7-3-1-2-4-8(7)9/h1-4,10H,5-6H2,(H2,11,12,13). The van der Waals surface area contributed by atoms with Crippen LogP contribution in [0.4, 0.5) is 0 Å². The quantitative estimate of drug-likeness (QED) is 0.608. The van der Waals surface area contributed by atoms with E-state index in [1.54, 1.807) is 24.3 Å². The monoisotopic (exact) mass is 214 g/mol. The Morgan fingerprint density at radius 3 is 2.57 bits per heavy atom. The summed E-state index contributed by atoms with van der Waals surface area (Å²) in [5.74, 6) is 0. The average Bonchev–Trinajstić information content (AvgIpc) is 2.45. The van der Waals surface area contributed by atoms with E-state index in [1.165, 1.54) is 0 Å². The van der Waals surface area contributed by atoms with Crippen LogP contribution in [0.3, 0.4) is 0 Å². The Balaban J connectivity index is 2.59. The van der Waals surface area contributed by atoms with Crippen molar-refractivity contribution < 1.29 is 19.5 Å². The molecule has 14 heavy (non-hydrogen) atoms. The lowest BCUT2D eigenvalue weighted by Crippen LogP contribution is -2.21. The molecule has 0 amide bonds. The number of fused-ring (bicyclic) bond motifs is 1. The third-order valence-electron chi connectivity index (χ3n) is 2.67. The predicted octanol–water partition coefficient (Wildman–Crippen LogP) is 0.956. The zero-order chi connectivity index (χ0) is 10.4. The van der Waals surface area contributed by atoms with Crippen LogP contribution in [0.5, 0.6) is 0 Å². The van der Waals surface area contributed by atoms with Gasteiger partial charge in [0, 0.05) is 0 Å². The average molecular weight is 214 g/mol. The number of hydrogen-bond acceptors (Lipinski definition) is 2. The van der Waals surface area contributed by atoms with E-state index >= 15 is 0 Å². The van der Waals surface area contributed by atoms with Crippen molar-refractivity contribution in [3.63, 3.8) is 0 Å². The summed E-state index contributed by atoms with van der Waals surface area (Å²) in [6.45, 7) is 0. The van der Waals surface area contributed by atoms with Gasteiger partial charge in [-0.25, -0.2) is 0 Å². The summed E-state index contributed by atoms with van der Waals surface area (Å²) in [4.78, 5) is 18.2. The van der Waals surface area contributed by atoms with Gasteiger partial charge < -0.3 is 14.9 Å². The van der Waals surface area contributed by atoms with E-state index in [1.807, 2.05) is 0 Å². The minimum Gasteiger partial charge on any atom is -0.373 e. The van der Waals surface area contributed by atoms with Crippen LogP contribution in [-0.4, -0.2) is 14.9 Å². The number of aliphatic hydroxyl groups is 1. The molecule has 76 valence electrons. The molecule has 2 rings (SSSR count). The van der Waals surface area contributed by atoms with Gasteiger partial charge >= 0.3 is 7.60 Å². The molecule has 0 saturated heterocycles. The Morgan fingerprint density at radius 2 is 1.93 bits per heavy atom. The van der Waals surface area contributed by atoms with Gasteiger partial charge in [0.05, 0.1) is 0 Å². The van der Waals surface area contributed by atoms with Crippen LogP contribution in [0.15, 0.2) is 24.3 Å². The van der Waals surface area contributed by atoms with Crippen LogP contribution in [0.25, 0.3) is 0 Å². The van der Waals surface area contributed by atoms with Crippen LogP contribution in [-0.2, 0) is 16.3 Å². The van der Waals surface area contributed by atoms with Gasteiger partial charge in [0.2, 0.25) is 0 Å². The molecule has 0 bridgehead atoms.